The van der Waals surface area contributed by atoms with Gasteiger partial charge in [0.2, 0.25) is 5.91 Å². The van der Waals surface area contributed by atoms with Gasteiger partial charge in [-0.25, -0.2) is 0 Å². The predicted molar refractivity (Wildman–Crippen MR) is 84.7 cm³/mol. The Morgan fingerprint density at radius 1 is 1.55 bits per heavy atom. The Labute approximate surface area is 128 Å². The summed E-state index contributed by atoms with van der Waals surface area (Å²) in [6.07, 6.45) is 3.80. The van der Waals surface area contributed by atoms with Crippen molar-refractivity contribution >= 4 is 27.5 Å². The molecule has 20 heavy (non-hydrogen) atoms. The lowest BCUT2D eigenvalue weighted by Gasteiger charge is -2.29. The van der Waals surface area contributed by atoms with Gasteiger partial charge in [-0.3, -0.25) is 4.79 Å². The van der Waals surface area contributed by atoms with E-state index in [1.165, 1.54) is 11.1 Å². The van der Waals surface area contributed by atoms with Crippen LogP contribution >= 0.6 is 15.9 Å². The lowest BCUT2D eigenvalue weighted by molar-refractivity contribution is -0.127. The summed E-state index contributed by atoms with van der Waals surface area (Å²) < 4.78 is 1.06. The monoisotopic (exact) mass is 334 g/mol. The van der Waals surface area contributed by atoms with E-state index in [4.69, 9.17) is 0 Å². The fourth-order valence-corrected chi connectivity index (χ4v) is 3.74. The minimum atomic E-state index is -0.126. The second-order valence-electron chi connectivity index (χ2n) is 6.06. The third-order valence-corrected chi connectivity index (χ3v) is 4.95. The highest BCUT2D eigenvalue weighted by molar-refractivity contribution is 9.10. The van der Waals surface area contributed by atoms with Crippen molar-refractivity contribution in [3.05, 3.63) is 39.9 Å². The molecular weight excluding hydrogens is 316 g/mol. The van der Waals surface area contributed by atoms with Crippen molar-refractivity contribution in [3.63, 3.8) is 0 Å². The van der Waals surface area contributed by atoms with Crippen molar-refractivity contribution in [2.24, 2.45) is 0 Å². The van der Waals surface area contributed by atoms with Crippen LogP contribution in [0.5, 0.6) is 0 Å². The molecule has 2 atom stereocenters. The third-order valence-electron chi connectivity index (χ3n) is 4.46. The van der Waals surface area contributed by atoms with E-state index in [0.717, 1.165) is 16.6 Å². The Morgan fingerprint density at radius 3 is 3.00 bits per heavy atom. The van der Waals surface area contributed by atoms with Crippen LogP contribution in [0.25, 0.3) is 0 Å². The quantitative estimate of drug-likeness (QED) is 0.837. The zero-order valence-electron chi connectivity index (χ0n) is 12.0. The molecule has 1 saturated heterocycles. The van der Waals surface area contributed by atoms with Crippen molar-refractivity contribution in [1.82, 2.24) is 4.90 Å². The molecule has 2 unspecified atom stereocenters. The van der Waals surface area contributed by atoms with Crippen LogP contribution in [0.4, 0.5) is 5.69 Å². The number of likely N-dealkylation sites (N-methyl/N-ethyl adjacent to an activating group) is 1. The Bertz CT molecular complexity index is 606. The van der Waals surface area contributed by atoms with E-state index >= 15 is 0 Å². The molecule has 4 heteroatoms. The van der Waals surface area contributed by atoms with E-state index in [2.05, 4.69) is 59.4 Å². The molecule has 0 aliphatic carbocycles. The zero-order chi connectivity index (χ0) is 14.5. The molecule has 2 aliphatic rings. The van der Waals surface area contributed by atoms with Gasteiger partial charge in [0, 0.05) is 29.0 Å². The Kier molecular flexibility index (Phi) is 3.16. The highest BCUT2D eigenvalue weighted by atomic mass is 79.9. The van der Waals surface area contributed by atoms with Crippen molar-refractivity contribution < 1.29 is 4.79 Å². The minimum absolute atomic E-state index is 0.0647. The molecule has 2 heterocycles. The first-order chi connectivity index (χ1) is 9.44. The van der Waals surface area contributed by atoms with Crippen LogP contribution in [0.1, 0.15) is 32.3 Å². The van der Waals surface area contributed by atoms with E-state index in [9.17, 15) is 4.79 Å². The molecule has 0 radical (unpaired) electrons. The predicted octanol–water partition coefficient (Wildman–Crippen LogP) is 3.66. The van der Waals surface area contributed by atoms with E-state index in [0.29, 0.717) is 6.42 Å². The first-order valence-electron chi connectivity index (χ1n) is 6.90. The van der Waals surface area contributed by atoms with Crippen LogP contribution in [0.15, 0.2) is 34.3 Å². The number of halogens is 1. The van der Waals surface area contributed by atoms with E-state index in [-0.39, 0.29) is 17.5 Å². The number of amides is 1. The van der Waals surface area contributed by atoms with Crippen LogP contribution in [0, 0.1) is 0 Å². The first kappa shape index (κ1) is 13.7. The van der Waals surface area contributed by atoms with Crippen LogP contribution in [0.2, 0.25) is 0 Å². The highest BCUT2D eigenvalue weighted by Gasteiger charge is 2.55. The fraction of sp³-hybridized carbons (Fsp3) is 0.438. The number of carbonyl (C=O) groups excluding carboxylic acids is 1. The maximum atomic E-state index is 12.2. The number of fused-ring (bicyclic) bond motifs is 3. The minimum Gasteiger partial charge on any atom is -0.364 e. The van der Waals surface area contributed by atoms with E-state index in [1.54, 1.807) is 0 Å². The highest BCUT2D eigenvalue weighted by Crippen LogP contribution is 2.51. The summed E-state index contributed by atoms with van der Waals surface area (Å²) in [5.41, 5.74) is 3.58. The van der Waals surface area contributed by atoms with Gasteiger partial charge >= 0.3 is 0 Å². The summed E-state index contributed by atoms with van der Waals surface area (Å²) in [5.74, 6) is 0.221. The summed E-state index contributed by atoms with van der Waals surface area (Å²) in [6, 6.07) is 6.32. The normalized spacial score (nSPS) is 27.1. The molecule has 1 aromatic carbocycles. The molecule has 1 fully saturated rings. The number of rotatable bonds is 2. The van der Waals surface area contributed by atoms with Gasteiger partial charge in [-0.05, 0) is 38.0 Å². The van der Waals surface area contributed by atoms with Crippen molar-refractivity contribution in [2.75, 3.05) is 12.4 Å². The number of anilines is 1. The largest absolute Gasteiger partial charge is 0.364 e. The average molecular weight is 335 g/mol. The van der Waals surface area contributed by atoms with Crippen molar-refractivity contribution in [1.29, 1.82) is 0 Å². The number of nitrogens with zero attached hydrogens (tertiary/aromatic N) is 1. The van der Waals surface area contributed by atoms with Crippen LogP contribution < -0.4 is 5.32 Å². The van der Waals surface area contributed by atoms with Gasteiger partial charge in [-0.2, -0.15) is 0 Å². The molecule has 106 valence electrons. The lowest BCUT2D eigenvalue weighted by atomic mass is 9.76. The van der Waals surface area contributed by atoms with Gasteiger partial charge in [-0.1, -0.05) is 33.6 Å². The van der Waals surface area contributed by atoms with Crippen LogP contribution in [-0.2, 0) is 10.2 Å². The molecule has 0 bridgehead atoms. The topological polar surface area (TPSA) is 32.3 Å². The molecule has 0 saturated carbocycles. The Balaban J connectivity index is 2.10. The van der Waals surface area contributed by atoms with Crippen LogP contribution in [0.3, 0.4) is 0 Å². The summed E-state index contributed by atoms with van der Waals surface area (Å²) >= 11 is 3.52. The van der Waals surface area contributed by atoms with Gasteiger partial charge in [-0.15, -0.1) is 0 Å². The van der Waals surface area contributed by atoms with Crippen molar-refractivity contribution in [3.8, 4) is 0 Å². The molecule has 1 amide bonds. The number of hydrogen-bond donors (Lipinski definition) is 1. The van der Waals surface area contributed by atoms with E-state index in [1.807, 2.05) is 11.9 Å². The Morgan fingerprint density at radius 2 is 2.30 bits per heavy atom. The average Bonchev–Trinajstić information content (AvgIpc) is 2.81. The second kappa shape index (κ2) is 4.62. The fourth-order valence-electron chi connectivity index (χ4n) is 3.38. The molecule has 3 nitrogen and oxygen atoms in total. The number of carbonyl (C=O) groups is 1. The SMILES string of the molecule is CC(C)=CCC12CC(=O)N(C)C1Nc1cc(Br)ccc12. The van der Waals surface area contributed by atoms with Crippen molar-refractivity contribution in [2.45, 2.75) is 38.3 Å². The van der Waals surface area contributed by atoms with Gasteiger partial charge in [0.15, 0.2) is 0 Å². The summed E-state index contributed by atoms with van der Waals surface area (Å²) in [6.45, 7) is 4.22. The maximum Gasteiger partial charge on any atom is 0.225 e. The number of allylic oxidation sites excluding steroid dienone is 2. The zero-order valence-corrected chi connectivity index (χ0v) is 13.6. The molecule has 1 aromatic rings. The van der Waals surface area contributed by atoms with Gasteiger partial charge in [0.1, 0.15) is 6.17 Å². The number of benzene rings is 1. The number of nitrogens with one attached hydrogen (secondary N) is 1. The second-order valence-corrected chi connectivity index (χ2v) is 6.98. The smallest absolute Gasteiger partial charge is 0.225 e. The molecule has 0 aromatic heterocycles. The lowest BCUT2D eigenvalue weighted by Crippen LogP contribution is -2.41. The molecule has 3 rings (SSSR count). The maximum absolute atomic E-state index is 12.2. The first-order valence-corrected chi connectivity index (χ1v) is 7.69. The molecule has 0 spiro atoms. The summed E-state index contributed by atoms with van der Waals surface area (Å²) in [7, 11) is 1.89. The number of likely N-dealkylation sites (tertiary alicyclic amines) is 1. The van der Waals surface area contributed by atoms with Gasteiger partial charge < -0.3 is 10.2 Å². The van der Waals surface area contributed by atoms with Gasteiger partial charge in [0.05, 0.1) is 0 Å². The third kappa shape index (κ3) is 1.89. The molecule has 2 aliphatic heterocycles. The molecule has 1 N–H and O–H groups in total. The van der Waals surface area contributed by atoms with E-state index < -0.39 is 0 Å². The van der Waals surface area contributed by atoms with Gasteiger partial charge in [0.25, 0.3) is 0 Å². The Hall–Kier alpha value is -1.29. The standard InChI is InChI=1S/C16H19BrN2O/c1-10(2)6-7-16-9-14(20)19(3)15(16)18-13-8-11(17)4-5-12(13)16/h4-6,8,15,18H,7,9H2,1-3H3. The van der Waals surface area contributed by atoms with Crippen LogP contribution in [-0.4, -0.2) is 24.0 Å². The summed E-state index contributed by atoms with van der Waals surface area (Å²) in [4.78, 5) is 14.0. The number of hydrogen-bond acceptors (Lipinski definition) is 2. The molecular formula is C16H19BrN2O. The summed E-state index contributed by atoms with van der Waals surface area (Å²) in [5, 5.41) is 3.53.